The Kier molecular flexibility index (Phi) is 6.24. The summed E-state index contributed by atoms with van der Waals surface area (Å²) in [6.45, 7) is 1.95. The van der Waals surface area contributed by atoms with E-state index in [9.17, 15) is 14.4 Å². The number of fused-ring (bicyclic) bond motifs is 1. The van der Waals surface area contributed by atoms with Crippen molar-refractivity contribution in [3.63, 3.8) is 0 Å². The van der Waals surface area contributed by atoms with Gasteiger partial charge in [-0.3, -0.25) is 14.4 Å². The van der Waals surface area contributed by atoms with E-state index >= 15 is 0 Å². The van der Waals surface area contributed by atoms with Crippen LogP contribution in [-0.4, -0.2) is 24.8 Å². The zero-order valence-corrected chi connectivity index (χ0v) is 19.2. The Morgan fingerprint density at radius 1 is 1.00 bits per heavy atom. The van der Waals surface area contributed by atoms with Gasteiger partial charge in [0.2, 0.25) is 0 Å². The van der Waals surface area contributed by atoms with Crippen LogP contribution in [0.5, 0.6) is 5.75 Å². The molecule has 0 N–H and O–H groups in total. The van der Waals surface area contributed by atoms with Gasteiger partial charge in [0.1, 0.15) is 5.75 Å². The molecule has 0 radical (unpaired) electrons. The van der Waals surface area contributed by atoms with Crippen LogP contribution in [0.2, 0.25) is 0 Å². The van der Waals surface area contributed by atoms with Crippen molar-refractivity contribution in [3.8, 4) is 5.75 Å². The fraction of sp³-hybridized carbons (Fsp3) is 0.192. The molecule has 0 amide bonds. The Hall–Kier alpha value is -3.25. The van der Waals surface area contributed by atoms with Crippen LogP contribution in [0.25, 0.3) is 0 Å². The number of ether oxygens (including phenoxy) is 2. The van der Waals surface area contributed by atoms with Crippen LogP contribution in [0.3, 0.4) is 0 Å². The molecule has 0 fully saturated rings. The Labute approximate surface area is 194 Å². The number of ketones is 1. The molecule has 3 atom stereocenters. The second-order valence-electron chi connectivity index (χ2n) is 7.75. The van der Waals surface area contributed by atoms with Crippen molar-refractivity contribution in [3.05, 3.63) is 99.5 Å². The molecule has 5 nitrogen and oxygen atoms in total. The Bertz CT molecular complexity index is 1170. The van der Waals surface area contributed by atoms with E-state index in [1.54, 1.807) is 30.3 Å². The zero-order chi connectivity index (χ0) is 22.8. The molecule has 6 heteroatoms. The van der Waals surface area contributed by atoms with E-state index in [1.165, 1.54) is 7.11 Å². The second kappa shape index (κ2) is 9.09. The number of Topliss-reactive ketones (excluding diaryl/α,β-unsaturated/α-hetero) is 1. The minimum atomic E-state index is -1.28. The second-order valence-corrected chi connectivity index (χ2v) is 8.66. The number of carbonyl (C=O) groups excluding carboxylic acids is 3. The van der Waals surface area contributed by atoms with Crippen molar-refractivity contribution >= 4 is 33.7 Å². The number of rotatable bonds is 5. The van der Waals surface area contributed by atoms with Crippen LogP contribution >= 0.6 is 15.9 Å². The van der Waals surface area contributed by atoms with Crippen LogP contribution in [0.4, 0.5) is 0 Å². The number of benzene rings is 3. The number of esters is 2. The van der Waals surface area contributed by atoms with Gasteiger partial charge < -0.3 is 9.47 Å². The van der Waals surface area contributed by atoms with Crippen LogP contribution in [0.15, 0.2) is 77.3 Å². The third kappa shape index (κ3) is 4.10. The standard InChI is InChI=1S/C26H21BrO5/c1-15-8-10-17(11-9-15)24(28)21(16-6-4-3-5-7-16)22-19-14-18(27)12-13-20(19)32-26(30)23(22)25(29)31-2/h3-14,21-23H,1-2H3. The number of hydrogen-bond donors (Lipinski definition) is 0. The highest BCUT2D eigenvalue weighted by Gasteiger charge is 2.49. The summed E-state index contributed by atoms with van der Waals surface area (Å²) in [6.07, 6.45) is 0. The summed E-state index contributed by atoms with van der Waals surface area (Å²) < 4.78 is 11.2. The molecule has 0 aromatic heterocycles. The highest BCUT2D eigenvalue weighted by Crippen LogP contribution is 2.48. The summed E-state index contributed by atoms with van der Waals surface area (Å²) in [5, 5.41) is 0. The molecular weight excluding hydrogens is 472 g/mol. The molecule has 1 heterocycles. The van der Waals surface area contributed by atoms with Gasteiger partial charge in [0.05, 0.1) is 13.0 Å². The Morgan fingerprint density at radius 2 is 1.69 bits per heavy atom. The minimum absolute atomic E-state index is 0.185. The highest BCUT2D eigenvalue weighted by atomic mass is 79.9. The summed E-state index contributed by atoms with van der Waals surface area (Å²) in [7, 11) is 1.22. The monoisotopic (exact) mass is 492 g/mol. The van der Waals surface area contributed by atoms with E-state index in [0.717, 1.165) is 10.0 Å². The molecule has 0 saturated heterocycles. The van der Waals surface area contributed by atoms with E-state index < -0.39 is 29.7 Å². The minimum Gasteiger partial charge on any atom is -0.468 e. The third-order valence-corrected chi connectivity index (χ3v) is 6.24. The van der Waals surface area contributed by atoms with Gasteiger partial charge in [-0.1, -0.05) is 76.1 Å². The van der Waals surface area contributed by atoms with Gasteiger partial charge in [0, 0.05) is 21.5 Å². The number of aryl methyl sites for hydroxylation is 1. The lowest BCUT2D eigenvalue weighted by Gasteiger charge is -2.35. The van der Waals surface area contributed by atoms with Crippen molar-refractivity contribution in [2.24, 2.45) is 5.92 Å². The molecular formula is C26H21BrO5. The van der Waals surface area contributed by atoms with Gasteiger partial charge >= 0.3 is 11.9 Å². The van der Waals surface area contributed by atoms with Crippen molar-refractivity contribution in [2.75, 3.05) is 7.11 Å². The SMILES string of the molecule is COC(=O)C1C(=O)Oc2ccc(Br)cc2C1C(C(=O)c1ccc(C)cc1)c1ccccc1. The maximum atomic E-state index is 13.9. The number of methoxy groups -OCH3 is 1. The molecule has 0 saturated carbocycles. The molecule has 1 aliphatic rings. The first-order chi connectivity index (χ1) is 15.4. The van der Waals surface area contributed by atoms with Gasteiger partial charge in [-0.05, 0) is 30.7 Å². The van der Waals surface area contributed by atoms with Gasteiger partial charge in [-0.15, -0.1) is 0 Å². The molecule has 3 aromatic rings. The summed E-state index contributed by atoms with van der Waals surface area (Å²) in [5.74, 6) is -4.19. The highest BCUT2D eigenvalue weighted by molar-refractivity contribution is 9.10. The quantitative estimate of drug-likeness (QED) is 0.211. The topological polar surface area (TPSA) is 69.7 Å². The van der Waals surface area contributed by atoms with Crippen molar-refractivity contribution in [1.29, 1.82) is 0 Å². The summed E-state index contributed by atoms with van der Waals surface area (Å²) >= 11 is 3.46. The Balaban J connectivity index is 1.95. The van der Waals surface area contributed by atoms with Gasteiger partial charge in [-0.25, -0.2) is 0 Å². The molecule has 3 aromatic carbocycles. The largest absolute Gasteiger partial charge is 0.468 e. The molecule has 32 heavy (non-hydrogen) atoms. The van der Waals surface area contributed by atoms with E-state index in [2.05, 4.69) is 15.9 Å². The normalized spacial score (nSPS) is 18.3. The summed E-state index contributed by atoms with van der Waals surface area (Å²) in [5.41, 5.74) is 2.84. The lowest BCUT2D eigenvalue weighted by Crippen LogP contribution is -2.42. The maximum Gasteiger partial charge on any atom is 0.326 e. The van der Waals surface area contributed by atoms with Crippen molar-refractivity contribution in [1.82, 2.24) is 0 Å². The molecule has 162 valence electrons. The number of carbonyl (C=O) groups is 3. The molecule has 1 aliphatic heterocycles. The van der Waals surface area contributed by atoms with Gasteiger partial charge in [-0.2, -0.15) is 0 Å². The zero-order valence-electron chi connectivity index (χ0n) is 17.6. The van der Waals surface area contributed by atoms with E-state index in [1.807, 2.05) is 49.4 Å². The van der Waals surface area contributed by atoms with Crippen molar-refractivity contribution in [2.45, 2.75) is 18.8 Å². The number of hydrogen-bond acceptors (Lipinski definition) is 5. The first kappa shape index (κ1) is 22.0. The third-order valence-electron chi connectivity index (χ3n) is 5.75. The Morgan fingerprint density at radius 3 is 2.34 bits per heavy atom. The van der Waals surface area contributed by atoms with Crippen molar-refractivity contribution < 1.29 is 23.9 Å². The van der Waals surface area contributed by atoms with Crippen LogP contribution in [0.1, 0.15) is 38.9 Å². The lowest BCUT2D eigenvalue weighted by atomic mass is 9.69. The molecule has 0 bridgehead atoms. The average Bonchev–Trinajstić information content (AvgIpc) is 2.80. The predicted molar refractivity (Wildman–Crippen MR) is 123 cm³/mol. The molecule has 4 rings (SSSR count). The fourth-order valence-electron chi connectivity index (χ4n) is 4.19. The van der Waals surface area contributed by atoms with Crippen LogP contribution in [-0.2, 0) is 14.3 Å². The molecule has 0 aliphatic carbocycles. The van der Waals surface area contributed by atoms with Crippen LogP contribution in [0, 0.1) is 12.8 Å². The lowest BCUT2D eigenvalue weighted by molar-refractivity contribution is -0.157. The summed E-state index contributed by atoms with van der Waals surface area (Å²) in [4.78, 5) is 39.6. The van der Waals surface area contributed by atoms with Gasteiger partial charge in [0.25, 0.3) is 0 Å². The first-order valence-electron chi connectivity index (χ1n) is 10.2. The number of halogens is 1. The van der Waals surface area contributed by atoms with E-state index in [4.69, 9.17) is 9.47 Å². The average molecular weight is 493 g/mol. The predicted octanol–water partition coefficient (Wildman–Crippen LogP) is 5.22. The molecule has 3 unspecified atom stereocenters. The van der Waals surface area contributed by atoms with E-state index in [-0.39, 0.29) is 5.78 Å². The van der Waals surface area contributed by atoms with Gasteiger partial charge in [0.15, 0.2) is 11.7 Å². The fourth-order valence-corrected chi connectivity index (χ4v) is 4.57. The smallest absolute Gasteiger partial charge is 0.326 e. The summed E-state index contributed by atoms with van der Waals surface area (Å²) in [6, 6.07) is 21.7. The molecule has 0 spiro atoms. The first-order valence-corrected chi connectivity index (χ1v) is 10.9. The maximum absolute atomic E-state index is 13.9. The van der Waals surface area contributed by atoms with E-state index in [0.29, 0.717) is 22.4 Å². The van der Waals surface area contributed by atoms with Crippen LogP contribution < -0.4 is 4.74 Å².